The fraction of sp³-hybridized carbons (Fsp3) is 0.714. The van der Waals surface area contributed by atoms with Crippen molar-refractivity contribution in [3.05, 3.63) is 17.1 Å². The van der Waals surface area contributed by atoms with Gasteiger partial charge in [-0.1, -0.05) is 19.3 Å². The first-order valence-electron chi connectivity index (χ1n) is 6.96. The van der Waals surface area contributed by atoms with Gasteiger partial charge >= 0.3 is 0 Å². The van der Waals surface area contributed by atoms with E-state index in [0.717, 1.165) is 24.5 Å². The Bertz CT molecular complexity index is 408. The molecule has 1 heterocycles. The van der Waals surface area contributed by atoms with Gasteiger partial charge in [0.15, 0.2) is 0 Å². The first kappa shape index (κ1) is 11.0. The highest BCUT2D eigenvalue weighted by atomic mass is 15.1. The molecule has 92 valence electrons. The Kier molecular flexibility index (Phi) is 3.00. The van der Waals surface area contributed by atoms with Gasteiger partial charge in [-0.15, -0.1) is 0 Å². The lowest BCUT2D eigenvalue weighted by atomic mass is 9.95. The number of fused-ring (bicyclic) bond motifs is 1. The second kappa shape index (κ2) is 4.63. The third kappa shape index (κ3) is 2.28. The maximum absolute atomic E-state index is 4.62. The summed E-state index contributed by atoms with van der Waals surface area (Å²) in [7, 11) is 0. The van der Waals surface area contributed by atoms with Crippen molar-refractivity contribution in [3.63, 3.8) is 0 Å². The van der Waals surface area contributed by atoms with Gasteiger partial charge in [0.25, 0.3) is 0 Å². The summed E-state index contributed by atoms with van der Waals surface area (Å²) in [5, 5.41) is 3.67. The molecule has 2 aliphatic rings. The number of aryl methyl sites for hydroxylation is 2. The predicted molar refractivity (Wildman–Crippen MR) is 69.3 cm³/mol. The van der Waals surface area contributed by atoms with Crippen molar-refractivity contribution < 1.29 is 0 Å². The van der Waals surface area contributed by atoms with E-state index in [9.17, 15) is 0 Å². The summed E-state index contributed by atoms with van der Waals surface area (Å²) in [5.41, 5.74) is 2.68. The molecule has 2 aliphatic carbocycles. The fourth-order valence-corrected chi connectivity index (χ4v) is 3.12. The van der Waals surface area contributed by atoms with Crippen LogP contribution in [0.2, 0.25) is 0 Å². The molecule has 1 aromatic rings. The van der Waals surface area contributed by atoms with E-state index in [1.54, 1.807) is 0 Å². The number of nitrogens with one attached hydrogen (secondary N) is 1. The molecular formula is C14H21N3. The summed E-state index contributed by atoms with van der Waals surface area (Å²) < 4.78 is 0. The highest BCUT2D eigenvalue weighted by Gasteiger charge is 2.21. The van der Waals surface area contributed by atoms with E-state index < -0.39 is 0 Å². The lowest BCUT2D eigenvalue weighted by Gasteiger charge is -2.24. The SMILES string of the molecule is Cc1nc2c(c(NC3CCCCC3)n1)CCC2. The van der Waals surface area contributed by atoms with Gasteiger partial charge in [-0.3, -0.25) is 0 Å². The van der Waals surface area contributed by atoms with Crippen molar-refractivity contribution in [1.82, 2.24) is 9.97 Å². The summed E-state index contributed by atoms with van der Waals surface area (Å²) in [6.45, 7) is 2.00. The Morgan fingerprint density at radius 3 is 2.65 bits per heavy atom. The van der Waals surface area contributed by atoms with Gasteiger partial charge in [0.1, 0.15) is 11.6 Å². The molecule has 0 radical (unpaired) electrons. The summed E-state index contributed by atoms with van der Waals surface area (Å²) in [4.78, 5) is 9.17. The largest absolute Gasteiger partial charge is 0.367 e. The average molecular weight is 231 g/mol. The summed E-state index contributed by atoms with van der Waals surface area (Å²) >= 11 is 0. The number of rotatable bonds is 2. The van der Waals surface area contributed by atoms with Crippen LogP contribution >= 0.6 is 0 Å². The summed E-state index contributed by atoms with van der Waals surface area (Å²) in [6.07, 6.45) is 10.3. The number of anilines is 1. The monoisotopic (exact) mass is 231 g/mol. The third-order valence-electron chi connectivity index (χ3n) is 3.99. The molecule has 3 rings (SSSR count). The smallest absolute Gasteiger partial charge is 0.133 e. The Morgan fingerprint density at radius 2 is 1.82 bits per heavy atom. The minimum Gasteiger partial charge on any atom is -0.367 e. The quantitative estimate of drug-likeness (QED) is 0.850. The molecule has 1 saturated carbocycles. The van der Waals surface area contributed by atoms with Gasteiger partial charge in [-0.25, -0.2) is 9.97 Å². The van der Waals surface area contributed by atoms with Crippen molar-refractivity contribution in [2.75, 3.05) is 5.32 Å². The van der Waals surface area contributed by atoms with Crippen molar-refractivity contribution in [2.24, 2.45) is 0 Å². The molecule has 0 unspecified atom stereocenters. The predicted octanol–water partition coefficient (Wildman–Crippen LogP) is 3.02. The van der Waals surface area contributed by atoms with Gasteiger partial charge in [0.05, 0.1) is 0 Å². The number of aromatic nitrogens is 2. The molecule has 1 fully saturated rings. The van der Waals surface area contributed by atoms with Crippen LogP contribution in [-0.2, 0) is 12.8 Å². The van der Waals surface area contributed by atoms with E-state index in [1.165, 1.54) is 49.8 Å². The molecular weight excluding hydrogens is 210 g/mol. The molecule has 0 spiro atoms. The summed E-state index contributed by atoms with van der Waals surface area (Å²) in [6, 6.07) is 0.641. The zero-order valence-electron chi connectivity index (χ0n) is 10.6. The van der Waals surface area contributed by atoms with Crippen LogP contribution in [0.15, 0.2) is 0 Å². The van der Waals surface area contributed by atoms with Crippen molar-refractivity contribution in [3.8, 4) is 0 Å². The molecule has 1 N–H and O–H groups in total. The van der Waals surface area contributed by atoms with Crippen LogP contribution < -0.4 is 5.32 Å². The summed E-state index contributed by atoms with van der Waals surface area (Å²) in [5.74, 6) is 2.06. The van der Waals surface area contributed by atoms with Gasteiger partial charge in [-0.2, -0.15) is 0 Å². The zero-order chi connectivity index (χ0) is 11.7. The second-order valence-electron chi connectivity index (χ2n) is 5.38. The lowest BCUT2D eigenvalue weighted by molar-refractivity contribution is 0.461. The Labute approximate surface area is 103 Å². The highest BCUT2D eigenvalue weighted by molar-refractivity contribution is 5.49. The van der Waals surface area contributed by atoms with Gasteiger partial charge < -0.3 is 5.32 Å². The van der Waals surface area contributed by atoms with E-state index >= 15 is 0 Å². The maximum Gasteiger partial charge on any atom is 0.133 e. The van der Waals surface area contributed by atoms with E-state index in [2.05, 4.69) is 15.3 Å². The van der Waals surface area contributed by atoms with Crippen LogP contribution in [-0.4, -0.2) is 16.0 Å². The minimum absolute atomic E-state index is 0.641. The average Bonchev–Trinajstić information content (AvgIpc) is 2.78. The molecule has 0 bridgehead atoms. The zero-order valence-corrected chi connectivity index (χ0v) is 10.6. The standard InChI is InChI=1S/C14H21N3/c1-10-15-13-9-5-8-12(13)14(16-10)17-11-6-3-2-4-7-11/h11H,2-9H2,1H3,(H,15,16,17). The number of nitrogens with zero attached hydrogens (tertiary/aromatic N) is 2. The molecule has 0 atom stereocenters. The van der Waals surface area contributed by atoms with E-state index in [0.29, 0.717) is 6.04 Å². The minimum atomic E-state index is 0.641. The van der Waals surface area contributed by atoms with Gasteiger partial charge in [0.2, 0.25) is 0 Å². The number of hydrogen-bond acceptors (Lipinski definition) is 3. The second-order valence-corrected chi connectivity index (χ2v) is 5.38. The molecule has 0 aliphatic heterocycles. The van der Waals surface area contributed by atoms with Crippen LogP contribution in [0.5, 0.6) is 0 Å². The molecule has 0 aromatic carbocycles. The van der Waals surface area contributed by atoms with Crippen molar-refractivity contribution >= 4 is 5.82 Å². The van der Waals surface area contributed by atoms with Gasteiger partial charge in [-0.05, 0) is 39.0 Å². The van der Waals surface area contributed by atoms with E-state index in [1.807, 2.05) is 6.92 Å². The fourth-order valence-electron chi connectivity index (χ4n) is 3.12. The number of hydrogen-bond donors (Lipinski definition) is 1. The van der Waals surface area contributed by atoms with E-state index in [-0.39, 0.29) is 0 Å². The van der Waals surface area contributed by atoms with Gasteiger partial charge in [0, 0.05) is 17.3 Å². The molecule has 0 amide bonds. The van der Waals surface area contributed by atoms with Crippen LogP contribution in [0.25, 0.3) is 0 Å². The molecule has 1 aromatic heterocycles. The Balaban J connectivity index is 1.82. The molecule has 17 heavy (non-hydrogen) atoms. The maximum atomic E-state index is 4.62. The first-order valence-corrected chi connectivity index (χ1v) is 6.96. The first-order chi connectivity index (χ1) is 8.33. The molecule has 0 saturated heterocycles. The van der Waals surface area contributed by atoms with Crippen LogP contribution in [0.3, 0.4) is 0 Å². The van der Waals surface area contributed by atoms with Crippen LogP contribution in [0.4, 0.5) is 5.82 Å². The van der Waals surface area contributed by atoms with Crippen molar-refractivity contribution in [2.45, 2.75) is 64.3 Å². The topological polar surface area (TPSA) is 37.8 Å². The lowest BCUT2D eigenvalue weighted by Crippen LogP contribution is -2.24. The Hall–Kier alpha value is -1.12. The highest BCUT2D eigenvalue weighted by Crippen LogP contribution is 2.28. The third-order valence-corrected chi connectivity index (χ3v) is 3.99. The molecule has 3 heteroatoms. The Morgan fingerprint density at radius 1 is 1.00 bits per heavy atom. The van der Waals surface area contributed by atoms with Crippen molar-refractivity contribution in [1.29, 1.82) is 0 Å². The van der Waals surface area contributed by atoms with Crippen LogP contribution in [0.1, 0.15) is 55.6 Å². The van der Waals surface area contributed by atoms with E-state index in [4.69, 9.17) is 0 Å². The normalized spacial score (nSPS) is 20.3. The molecule has 3 nitrogen and oxygen atoms in total. The van der Waals surface area contributed by atoms with Crippen LogP contribution in [0, 0.1) is 6.92 Å².